The van der Waals surface area contributed by atoms with Gasteiger partial charge in [-0.15, -0.1) is 0 Å². The minimum absolute atomic E-state index is 0.188. The van der Waals surface area contributed by atoms with Crippen LogP contribution in [0.4, 0.5) is 0 Å². The molecular weight excluding hydrogens is 236 g/mol. The minimum Gasteiger partial charge on any atom is -0.348 e. The molecule has 0 radical (unpaired) electrons. The molecule has 0 bridgehead atoms. The molecule has 0 spiro atoms. The highest BCUT2D eigenvalue weighted by Crippen LogP contribution is 2.34. The van der Waals surface area contributed by atoms with E-state index < -0.39 is 0 Å². The molecule has 2 aromatic rings. The van der Waals surface area contributed by atoms with Crippen LogP contribution in [-0.2, 0) is 7.05 Å². The van der Waals surface area contributed by atoms with Crippen molar-refractivity contribution in [2.45, 2.75) is 19.3 Å². The maximum Gasteiger partial charge on any atom is 0.166 e. The first-order chi connectivity index (χ1) is 8.15. The van der Waals surface area contributed by atoms with Gasteiger partial charge in [0.25, 0.3) is 0 Å². The van der Waals surface area contributed by atoms with Gasteiger partial charge in [0, 0.05) is 19.7 Å². The fraction of sp³-hybridized carbons (Fsp3) is 0.385. The lowest BCUT2D eigenvalue weighted by molar-refractivity contribution is 0.0977. The molecule has 0 atom stereocenters. The van der Waals surface area contributed by atoms with E-state index in [1.54, 1.807) is 6.07 Å². The van der Waals surface area contributed by atoms with Gasteiger partial charge in [0.2, 0.25) is 0 Å². The van der Waals surface area contributed by atoms with Gasteiger partial charge in [0.05, 0.1) is 11.1 Å². The molecule has 3 nitrogen and oxygen atoms in total. The van der Waals surface area contributed by atoms with Crippen LogP contribution in [0.1, 0.15) is 29.6 Å². The number of carbonyl (C=O) groups excluding carboxylic acids is 1. The zero-order chi connectivity index (χ0) is 12.0. The molecule has 1 fully saturated rings. The summed E-state index contributed by atoms with van der Waals surface area (Å²) in [5.41, 5.74) is 2.39. The molecule has 0 amide bonds. The third kappa shape index (κ3) is 1.95. The molecule has 0 aromatic carbocycles. The van der Waals surface area contributed by atoms with E-state index in [-0.39, 0.29) is 5.78 Å². The maximum absolute atomic E-state index is 12.1. The van der Waals surface area contributed by atoms with Crippen molar-refractivity contribution in [2.75, 3.05) is 0 Å². The third-order valence-corrected chi connectivity index (χ3v) is 3.48. The van der Waals surface area contributed by atoms with Crippen molar-refractivity contribution in [3.8, 4) is 0 Å². The number of rotatable bonds is 3. The van der Waals surface area contributed by atoms with Crippen LogP contribution < -0.4 is 0 Å². The number of pyridine rings is 1. The van der Waals surface area contributed by atoms with Gasteiger partial charge in [-0.2, -0.15) is 0 Å². The SMILES string of the molecule is Cn1cc(C(=O)CC2CC2)c2nc(Cl)ccc21. The molecule has 0 saturated heterocycles. The smallest absolute Gasteiger partial charge is 0.166 e. The van der Waals surface area contributed by atoms with Crippen LogP contribution in [0.25, 0.3) is 11.0 Å². The quantitative estimate of drug-likeness (QED) is 0.618. The topological polar surface area (TPSA) is 34.9 Å². The summed E-state index contributed by atoms with van der Waals surface area (Å²) in [4.78, 5) is 16.4. The largest absolute Gasteiger partial charge is 0.348 e. The van der Waals surface area contributed by atoms with Gasteiger partial charge in [-0.25, -0.2) is 4.98 Å². The van der Waals surface area contributed by atoms with E-state index in [4.69, 9.17) is 11.6 Å². The number of Topliss-reactive ketones (excluding diaryl/α,β-unsaturated/α-hetero) is 1. The molecule has 0 N–H and O–H groups in total. The van der Waals surface area contributed by atoms with Gasteiger partial charge in [-0.3, -0.25) is 4.79 Å². The minimum atomic E-state index is 0.188. The van der Waals surface area contributed by atoms with Crippen molar-refractivity contribution in [2.24, 2.45) is 13.0 Å². The van der Waals surface area contributed by atoms with E-state index in [1.807, 2.05) is 23.9 Å². The standard InChI is InChI=1S/C13H13ClN2O/c1-16-7-9(11(17)6-8-2-3-8)13-10(16)4-5-12(14)15-13/h4-5,7-8H,2-3,6H2,1H3. The number of aromatic nitrogens is 2. The molecule has 2 aromatic heterocycles. The zero-order valence-electron chi connectivity index (χ0n) is 9.61. The van der Waals surface area contributed by atoms with Crippen molar-refractivity contribution in [3.63, 3.8) is 0 Å². The Bertz CT molecular complexity index is 599. The third-order valence-electron chi connectivity index (χ3n) is 3.27. The van der Waals surface area contributed by atoms with E-state index in [0.29, 0.717) is 23.1 Å². The van der Waals surface area contributed by atoms with Gasteiger partial charge < -0.3 is 4.57 Å². The Kier molecular flexibility index (Phi) is 2.44. The van der Waals surface area contributed by atoms with Crippen LogP contribution >= 0.6 is 11.6 Å². The highest BCUT2D eigenvalue weighted by atomic mass is 35.5. The second kappa shape index (κ2) is 3.84. The molecule has 0 aliphatic heterocycles. The van der Waals surface area contributed by atoms with Gasteiger partial charge in [-0.05, 0) is 30.9 Å². The number of hydrogen-bond acceptors (Lipinski definition) is 2. The average Bonchev–Trinajstić information content (AvgIpc) is 3.03. The number of nitrogens with zero attached hydrogens (tertiary/aromatic N) is 2. The monoisotopic (exact) mass is 248 g/mol. The average molecular weight is 249 g/mol. The number of halogens is 1. The predicted molar refractivity (Wildman–Crippen MR) is 67.4 cm³/mol. The first kappa shape index (κ1) is 10.8. The van der Waals surface area contributed by atoms with Gasteiger partial charge >= 0.3 is 0 Å². The highest BCUT2D eigenvalue weighted by Gasteiger charge is 2.26. The summed E-state index contributed by atoms with van der Waals surface area (Å²) in [5, 5.41) is 0.434. The zero-order valence-corrected chi connectivity index (χ0v) is 10.4. The summed E-state index contributed by atoms with van der Waals surface area (Å²) >= 11 is 5.89. The fourth-order valence-corrected chi connectivity index (χ4v) is 2.28. The summed E-state index contributed by atoms with van der Waals surface area (Å²) in [7, 11) is 1.92. The number of fused-ring (bicyclic) bond motifs is 1. The molecule has 1 aliphatic rings. The molecule has 0 unspecified atom stereocenters. The molecular formula is C13H13ClN2O. The summed E-state index contributed by atoms with van der Waals surface area (Å²) in [6, 6.07) is 3.65. The normalized spacial score (nSPS) is 15.4. The summed E-state index contributed by atoms with van der Waals surface area (Å²) in [6.07, 6.45) is 4.88. The van der Waals surface area contributed by atoms with Crippen LogP contribution in [0.2, 0.25) is 5.15 Å². The van der Waals surface area contributed by atoms with E-state index in [9.17, 15) is 4.79 Å². The van der Waals surface area contributed by atoms with E-state index in [2.05, 4.69) is 4.98 Å². The summed E-state index contributed by atoms with van der Waals surface area (Å²) in [5.74, 6) is 0.782. The molecule has 2 heterocycles. The van der Waals surface area contributed by atoms with E-state index in [0.717, 1.165) is 11.0 Å². The van der Waals surface area contributed by atoms with Crippen molar-refractivity contribution < 1.29 is 4.79 Å². The fourth-order valence-electron chi connectivity index (χ4n) is 2.13. The molecule has 1 saturated carbocycles. The number of aryl methyl sites for hydroxylation is 1. The summed E-state index contributed by atoms with van der Waals surface area (Å²) in [6.45, 7) is 0. The Morgan fingerprint density at radius 1 is 1.53 bits per heavy atom. The molecule has 4 heteroatoms. The van der Waals surface area contributed by atoms with Gasteiger partial charge in [-0.1, -0.05) is 11.6 Å². The van der Waals surface area contributed by atoms with Crippen molar-refractivity contribution in [3.05, 3.63) is 29.0 Å². The van der Waals surface area contributed by atoms with E-state index >= 15 is 0 Å². The van der Waals surface area contributed by atoms with Crippen molar-refractivity contribution >= 4 is 28.4 Å². The van der Waals surface area contributed by atoms with Crippen LogP contribution in [0.3, 0.4) is 0 Å². The molecule has 3 rings (SSSR count). The Labute approximate surface area is 104 Å². The first-order valence-corrected chi connectivity index (χ1v) is 6.17. The van der Waals surface area contributed by atoms with Crippen molar-refractivity contribution in [1.82, 2.24) is 9.55 Å². The first-order valence-electron chi connectivity index (χ1n) is 5.80. The van der Waals surface area contributed by atoms with E-state index in [1.165, 1.54) is 12.8 Å². The number of hydrogen-bond donors (Lipinski definition) is 0. The Morgan fingerprint density at radius 2 is 2.29 bits per heavy atom. The van der Waals surface area contributed by atoms with Gasteiger partial charge in [0.1, 0.15) is 10.7 Å². The second-order valence-electron chi connectivity index (χ2n) is 4.73. The lowest BCUT2D eigenvalue weighted by atomic mass is 10.1. The van der Waals surface area contributed by atoms with Gasteiger partial charge in [0.15, 0.2) is 5.78 Å². The second-order valence-corrected chi connectivity index (χ2v) is 5.11. The maximum atomic E-state index is 12.1. The lowest BCUT2D eigenvalue weighted by Crippen LogP contribution is -1.99. The number of carbonyl (C=O) groups is 1. The molecule has 88 valence electrons. The van der Waals surface area contributed by atoms with Crippen molar-refractivity contribution in [1.29, 1.82) is 0 Å². The molecule has 17 heavy (non-hydrogen) atoms. The molecule has 1 aliphatic carbocycles. The predicted octanol–water partition coefficient (Wildman–Crippen LogP) is 3.21. The van der Waals surface area contributed by atoms with Crippen LogP contribution in [0.15, 0.2) is 18.3 Å². The summed E-state index contributed by atoms with van der Waals surface area (Å²) < 4.78 is 1.93. The van der Waals surface area contributed by atoms with Crippen LogP contribution in [0, 0.1) is 5.92 Å². The highest BCUT2D eigenvalue weighted by molar-refractivity contribution is 6.30. The Hall–Kier alpha value is -1.35. The van der Waals surface area contributed by atoms with Crippen LogP contribution in [-0.4, -0.2) is 15.3 Å². The number of ketones is 1. The Balaban J connectivity index is 2.08. The van der Waals surface area contributed by atoms with Crippen LogP contribution in [0.5, 0.6) is 0 Å². The Morgan fingerprint density at radius 3 is 3.00 bits per heavy atom. The lowest BCUT2D eigenvalue weighted by Gasteiger charge is -1.97.